The summed E-state index contributed by atoms with van der Waals surface area (Å²) in [7, 11) is 1.37. The van der Waals surface area contributed by atoms with Crippen LogP contribution in [0.1, 0.15) is 49.2 Å². The number of hydrogen-bond donors (Lipinski definition) is 0. The number of hydrogen-bond acceptors (Lipinski definition) is 4. The van der Waals surface area contributed by atoms with Crippen molar-refractivity contribution in [3.05, 3.63) is 16.3 Å². The molecule has 116 valence electrons. The summed E-state index contributed by atoms with van der Waals surface area (Å²) in [5.74, 6) is 0.582. The zero-order valence-corrected chi connectivity index (χ0v) is 13.7. The van der Waals surface area contributed by atoms with Crippen molar-refractivity contribution < 1.29 is 14.3 Å². The smallest absolute Gasteiger partial charge is 0.350 e. The molecule has 1 aliphatic rings. The molecule has 1 saturated carbocycles. The molecule has 0 saturated heterocycles. The number of rotatable bonds is 4. The fourth-order valence-corrected chi connectivity index (χ4v) is 3.74. The Bertz CT molecular complexity index is 503. The Morgan fingerprint density at radius 1 is 1.33 bits per heavy atom. The maximum atomic E-state index is 12.8. The molecule has 5 heteroatoms. The van der Waals surface area contributed by atoms with Gasteiger partial charge in [-0.2, -0.15) is 0 Å². The standard InChI is InChI=1S/C16H23NO3S/c1-4-17(13-9-10-21-14(13)16(19)20-3)15(18)12-7-5-11(2)6-8-12/h9-12H,4-8H2,1-3H3/t11-,12-. The van der Waals surface area contributed by atoms with Crippen molar-refractivity contribution in [2.45, 2.75) is 39.5 Å². The van der Waals surface area contributed by atoms with E-state index < -0.39 is 0 Å². The molecule has 1 amide bonds. The number of ether oxygens (including phenoxy) is 1. The fourth-order valence-electron chi connectivity index (χ4n) is 2.93. The molecule has 1 fully saturated rings. The van der Waals surface area contributed by atoms with Crippen molar-refractivity contribution in [1.29, 1.82) is 0 Å². The average molecular weight is 309 g/mol. The van der Waals surface area contributed by atoms with Gasteiger partial charge in [0, 0.05) is 12.5 Å². The fraction of sp³-hybridized carbons (Fsp3) is 0.625. The molecule has 4 nitrogen and oxygen atoms in total. The van der Waals surface area contributed by atoms with Gasteiger partial charge in [0.1, 0.15) is 4.88 Å². The number of nitrogens with zero attached hydrogens (tertiary/aromatic N) is 1. The molecule has 0 N–H and O–H groups in total. The molecular formula is C16H23NO3S. The minimum Gasteiger partial charge on any atom is -0.465 e. The van der Waals surface area contributed by atoms with Gasteiger partial charge in [-0.25, -0.2) is 4.79 Å². The zero-order valence-electron chi connectivity index (χ0n) is 12.9. The Balaban J connectivity index is 2.18. The molecule has 0 aromatic carbocycles. The van der Waals surface area contributed by atoms with E-state index in [1.807, 2.05) is 18.4 Å². The topological polar surface area (TPSA) is 46.6 Å². The summed E-state index contributed by atoms with van der Waals surface area (Å²) in [6.07, 6.45) is 4.13. The third kappa shape index (κ3) is 3.46. The molecule has 1 aromatic heterocycles. The van der Waals surface area contributed by atoms with E-state index in [0.717, 1.165) is 31.6 Å². The van der Waals surface area contributed by atoms with Crippen molar-refractivity contribution in [3.63, 3.8) is 0 Å². The minimum absolute atomic E-state index is 0.0894. The van der Waals surface area contributed by atoms with Crippen molar-refractivity contribution >= 4 is 28.9 Å². The van der Waals surface area contributed by atoms with Crippen LogP contribution in [0.4, 0.5) is 5.69 Å². The summed E-state index contributed by atoms with van der Waals surface area (Å²) in [5, 5.41) is 1.83. The highest BCUT2D eigenvalue weighted by atomic mass is 32.1. The lowest BCUT2D eigenvalue weighted by atomic mass is 9.82. The zero-order chi connectivity index (χ0) is 15.4. The second kappa shape index (κ2) is 7.07. The summed E-state index contributed by atoms with van der Waals surface area (Å²) in [5.41, 5.74) is 0.693. The lowest BCUT2D eigenvalue weighted by Crippen LogP contribution is -2.38. The molecule has 1 aliphatic carbocycles. The monoisotopic (exact) mass is 309 g/mol. The Morgan fingerprint density at radius 3 is 2.57 bits per heavy atom. The van der Waals surface area contributed by atoms with Crippen LogP contribution in [0.2, 0.25) is 0 Å². The predicted molar refractivity (Wildman–Crippen MR) is 84.8 cm³/mol. The summed E-state index contributed by atoms with van der Waals surface area (Å²) >= 11 is 1.32. The van der Waals surface area contributed by atoms with E-state index in [9.17, 15) is 9.59 Å². The average Bonchev–Trinajstić information content (AvgIpc) is 2.97. The van der Waals surface area contributed by atoms with Gasteiger partial charge in [0.05, 0.1) is 12.8 Å². The van der Waals surface area contributed by atoms with Crippen molar-refractivity contribution in [2.75, 3.05) is 18.6 Å². The van der Waals surface area contributed by atoms with E-state index in [0.29, 0.717) is 17.1 Å². The molecular weight excluding hydrogens is 286 g/mol. The van der Waals surface area contributed by atoms with E-state index in [1.54, 1.807) is 4.90 Å². The SMILES string of the molecule is CCN(c1ccsc1C(=O)OC)C(=O)[C@H]1CC[C@H](C)CC1. The number of carbonyl (C=O) groups excluding carboxylic acids is 2. The quantitative estimate of drug-likeness (QED) is 0.796. The van der Waals surface area contributed by atoms with Crippen LogP contribution in [0.3, 0.4) is 0 Å². The van der Waals surface area contributed by atoms with Gasteiger partial charge >= 0.3 is 5.97 Å². The molecule has 0 atom stereocenters. The van der Waals surface area contributed by atoms with Gasteiger partial charge in [-0.05, 0) is 50.0 Å². The van der Waals surface area contributed by atoms with Crippen LogP contribution >= 0.6 is 11.3 Å². The van der Waals surface area contributed by atoms with Gasteiger partial charge in [0.15, 0.2) is 0 Å². The third-order valence-electron chi connectivity index (χ3n) is 4.25. The molecule has 0 bridgehead atoms. The van der Waals surface area contributed by atoms with E-state index in [1.165, 1.54) is 18.4 Å². The van der Waals surface area contributed by atoms with Gasteiger partial charge in [-0.15, -0.1) is 11.3 Å². The molecule has 1 aromatic rings. The Kier molecular flexibility index (Phi) is 5.39. The third-order valence-corrected chi connectivity index (χ3v) is 5.14. The number of esters is 1. The van der Waals surface area contributed by atoms with Gasteiger partial charge < -0.3 is 9.64 Å². The Labute approximate surface area is 130 Å². The van der Waals surface area contributed by atoms with Gasteiger partial charge in [0.25, 0.3) is 0 Å². The van der Waals surface area contributed by atoms with Crippen LogP contribution < -0.4 is 4.90 Å². The Morgan fingerprint density at radius 2 is 2.00 bits per heavy atom. The molecule has 2 rings (SSSR count). The first-order valence-electron chi connectivity index (χ1n) is 7.55. The number of methoxy groups -OCH3 is 1. The molecule has 0 radical (unpaired) electrons. The second-order valence-electron chi connectivity index (χ2n) is 5.67. The number of thiophene rings is 1. The minimum atomic E-state index is -0.372. The first-order chi connectivity index (χ1) is 10.1. The summed E-state index contributed by atoms with van der Waals surface area (Å²) in [6, 6.07) is 1.84. The highest BCUT2D eigenvalue weighted by Gasteiger charge is 2.30. The van der Waals surface area contributed by atoms with Crippen LogP contribution in [0.5, 0.6) is 0 Å². The van der Waals surface area contributed by atoms with E-state index in [4.69, 9.17) is 4.74 Å². The lowest BCUT2D eigenvalue weighted by molar-refractivity contribution is -0.123. The summed E-state index contributed by atoms with van der Waals surface area (Å²) in [4.78, 5) is 26.8. The number of carbonyl (C=O) groups is 2. The Hall–Kier alpha value is -1.36. The number of amides is 1. The summed E-state index contributed by atoms with van der Waals surface area (Å²) < 4.78 is 4.80. The van der Waals surface area contributed by atoms with Crippen LogP contribution in [0.25, 0.3) is 0 Å². The van der Waals surface area contributed by atoms with Crippen molar-refractivity contribution in [2.24, 2.45) is 11.8 Å². The normalized spacial score (nSPS) is 21.9. The van der Waals surface area contributed by atoms with Gasteiger partial charge in [0.2, 0.25) is 5.91 Å². The van der Waals surface area contributed by atoms with Crippen LogP contribution in [-0.2, 0) is 9.53 Å². The maximum absolute atomic E-state index is 12.8. The molecule has 0 aliphatic heterocycles. The molecule has 0 spiro atoms. The second-order valence-corrected chi connectivity index (χ2v) is 6.58. The van der Waals surface area contributed by atoms with Crippen LogP contribution in [0, 0.1) is 11.8 Å². The highest BCUT2D eigenvalue weighted by molar-refractivity contribution is 7.12. The van der Waals surface area contributed by atoms with Crippen molar-refractivity contribution in [3.8, 4) is 0 Å². The van der Waals surface area contributed by atoms with Crippen LogP contribution in [-0.4, -0.2) is 25.5 Å². The van der Waals surface area contributed by atoms with E-state index in [2.05, 4.69) is 6.92 Å². The first-order valence-corrected chi connectivity index (χ1v) is 8.43. The van der Waals surface area contributed by atoms with E-state index >= 15 is 0 Å². The van der Waals surface area contributed by atoms with Gasteiger partial charge in [-0.1, -0.05) is 6.92 Å². The molecule has 21 heavy (non-hydrogen) atoms. The summed E-state index contributed by atoms with van der Waals surface area (Å²) in [6.45, 7) is 4.76. The molecule has 1 heterocycles. The van der Waals surface area contributed by atoms with Crippen LogP contribution in [0.15, 0.2) is 11.4 Å². The number of anilines is 1. The maximum Gasteiger partial charge on any atom is 0.350 e. The first kappa shape index (κ1) is 16.0. The van der Waals surface area contributed by atoms with Gasteiger partial charge in [-0.3, -0.25) is 4.79 Å². The largest absolute Gasteiger partial charge is 0.465 e. The molecule has 0 unspecified atom stereocenters. The predicted octanol–water partition coefficient (Wildman–Crippen LogP) is 3.71. The van der Waals surface area contributed by atoms with E-state index in [-0.39, 0.29) is 17.8 Å². The highest BCUT2D eigenvalue weighted by Crippen LogP contribution is 2.33. The van der Waals surface area contributed by atoms with Crippen molar-refractivity contribution in [1.82, 2.24) is 0 Å². The lowest BCUT2D eigenvalue weighted by Gasteiger charge is -2.30.